The molecule has 6 nitrogen and oxygen atoms in total. The van der Waals surface area contributed by atoms with Crippen LogP contribution in [0.25, 0.3) is 0 Å². The number of hydrogen-bond acceptors (Lipinski definition) is 5. The Labute approximate surface area is 171 Å². The predicted molar refractivity (Wildman–Crippen MR) is 114 cm³/mol. The Morgan fingerprint density at radius 3 is 2.64 bits per heavy atom. The summed E-state index contributed by atoms with van der Waals surface area (Å²) in [4.78, 5) is 28.6. The van der Waals surface area contributed by atoms with Crippen molar-refractivity contribution in [3.05, 3.63) is 51.7 Å². The van der Waals surface area contributed by atoms with Crippen molar-refractivity contribution in [2.24, 2.45) is 0 Å². The normalized spacial score (nSPS) is 10.9. The van der Waals surface area contributed by atoms with E-state index in [1.165, 1.54) is 0 Å². The van der Waals surface area contributed by atoms with Crippen LogP contribution in [-0.2, 0) is 20.9 Å². The molecule has 2 rings (SSSR count). The minimum Gasteiger partial charge on any atom is -0.383 e. The highest BCUT2D eigenvalue weighted by molar-refractivity contribution is 7.07. The molecule has 7 heteroatoms. The van der Waals surface area contributed by atoms with Gasteiger partial charge in [0.2, 0.25) is 11.8 Å². The van der Waals surface area contributed by atoms with Gasteiger partial charge in [-0.2, -0.15) is 11.3 Å². The fraction of sp³-hybridized carbons (Fsp3) is 0.429. The van der Waals surface area contributed by atoms with Crippen LogP contribution in [0.1, 0.15) is 16.7 Å². The molecule has 2 aromatic rings. The van der Waals surface area contributed by atoms with Gasteiger partial charge in [-0.3, -0.25) is 14.5 Å². The zero-order valence-electron chi connectivity index (χ0n) is 17.0. The van der Waals surface area contributed by atoms with E-state index in [9.17, 15) is 9.59 Å². The third-order valence-electron chi connectivity index (χ3n) is 4.64. The van der Waals surface area contributed by atoms with Crippen molar-refractivity contribution >= 4 is 28.8 Å². The van der Waals surface area contributed by atoms with Crippen molar-refractivity contribution in [1.82, 2.24) is 9.80 Å². The summed E-state index contributed by atoms with van der Waals surface area (Å²) in [5.74, 6) is -0.167. The first-order chi connectivity index (χ1) is 13.4. The van der Waals surface area contributed by atoms with E-state index in [1.807, 2.05) is 53.8 Å². The molecule has 0 saturated carbocycles. The van der Waals surface area contributed by atoms with Gasteiger partial charge >= 0.3 is 0 Å². The monoisotopic (exact) mass is 403 g/mol. The summed E-state index contributed by atoms with van der Waals surface area (Å²) in [6.07, 6.45) is 0. The quantitative estimate of drug-likeness (QED) is 0.663. The number of thiophene rings is 1. The molecule has 2 amide bonds. The number of hydrogen-bond donors (Lipinski definition) is 1. The van der Waals surface area contributed by atoms with Crippen LogP contribution in [0.15, 0.2) is 35.0 Å². The summed E-state index contributed by atoms with van der Waals surface area (Å²) in [5, 5.41) is 6.98. The van der Waals surface area contributed by atoms with Gasteiger partial charge in [-0.25, -0.2) is 0 Å². The Hall–Kier alpha value is -2.22. The maximum absolute atomic E-state index is 12.6. The third-order valence-corrected chi connectivity index (χ3v) is 5.37. The Balaban J connectivity index is 1.94. The van der Waals surface area contributed by atoms with Gasteiger partial charge in [0, 0.05) is 32.9 Å². The molecule has 28 heavy (non-hydrogen) atoms. The first kappa shape index (κ1) is 22.1. The van der Waals surface area contributed by atoms with Crippen LogP contribution in [0.5, 0.6) is 0 Å². The van der Waals surface area contributed by atoms with E-state index in [1.54, 1.807) is 30.4 Å². The van der Waals surface area contributed by atoms with Crippen molar-refractivity contribution in [1.29, 1.82) is 0 Å². The van der Waals surface area contributed by atoms with Crippen LogP contribution < -0.4 is 5.32 Å². The van der Waals surface area contributed by atoms with E-state index in [0.717, 1.165) is 22.4 Å². The molecule has 0 radical (unpaired) electrons. The topological polar surface area (TPSA) is 61.9 Å². The molecule has 0 bridgehead atoms. The van der Waals surface area contributed by atoms with E-state index >= 15 is 0 Å². The highest BCUT2D eigenvalue weighted by atomic mass is 32.1. The number of methoxy groups -OCH3 is 1. The highest BCUT2D eigenvalue weighted by Gasteiger charge is 2.18. The average molecular weight is 404 g/mol. The smallest absolute Gasteiger partial charge is 0.238 e. The summed E-state index contributed by atoms with van der Waals surface area (Å²) in [7, 11) is 3.39. The van der Waals surface area contributed by atoms with Crippen LogP contribution in [0.4, 0.5) is 5.69 Å². The molecule has 1 heterocycles. The molecule has 0 aliphatic rings. The minimum absolute atomic E-state index is 0.0261. The largest absolute Gasteiger partial charge is 0.383 e. The molecule has 0 unspecified atom stereocenters. The lowest BCUT2D eigenvalue weighted by Crippen LogP contribution is -2.43. The summed E-state index contributed by atoms with van der Waals surface area (Å²) >= 11 is 1.61. The summed E-state index contributed by atoms with van der Waals surface area (Å²) < 4.78 is 5.14. The number of carbonyl (C=O) groups excluding carboxylic acids is 2. The van der Waals surface area contributed by atoms with E-state index < -0.39 is 0 Å². The Morgan fingerprint density at radius 1 is 1.18 bits per heavy atom. The van der Waals surface area contributed by atoms with E-state index in [2.05, 4.69) is 5.32 Å². The first-order valence-corrected chi connectivity index (χ1v) is 10.2. The Kier molecular flexibility index (Phi) is 8.63. The summed E-state index contributed by atoms with van der Waals surface area (Å²) in [5.41, 5.74) is 4.08. The number of ether oxygens (including phenoxy) is 1. The number of nitrogens with one attached hydrogen (secondary N) is 1. The molecule has 0 atom stereocenters. The zero-order chi connectivity index (χ0) is 20.5. The molecule has 0 fully saturated rings. The summed E-state index contributed by atoms with van der Waals surface area (Å²) in [6, 6.07) is 7.83. The van der Waals surface area contributed by atoms with Crippen LogP contribution >= 0.6 is 11.3 Å². The average Bonchev–Trinajstić information content (AvgIpc) is 3.16. The van der Waals surface area contributed by atoms with Gasteiger partial charge in [0.15, 0.2) is 0 Å². The number of likely N-dealkylation sites (N-methyl/N-ethyl adjacent to an activating group) is 1. The number of amides is 2. The first-order valence-electron chi connectivity index (χ1n) is 9.23. The van der Waals surface area contributed by atoms with Crippen LogP contribution in [-0.4, -0.2) is 62.0 Å². The lowest BCUT2D eigenvalue weighted by atomic mass is 10.1. The maximum Gasteiger partial charge on any atom is 0.238 e. The molecule has 1 N–H and O–H groups in total. The molecule has 0 aliphatic heterocycles. The van der Waals surface area contributed by atoms with E-state index in [-0.39, 0.29) is 24.9 Å². The molecule has 152 valence electrons. The number of nitrogens with zero attached hydrogens (tertiary/aromatic N) is 2. The molecule has 1 aromatic heterocycles. The van der Waals surface area contributed by atoms with Gasteiger partial charge in [0.05, 0.1) is 19.7 Å². The SMILES string of the molecule is COCCN(CC(=O)Nc1cccc(C)c1C)CC(=O)N(C)Cc1ccsc1. The van der Waals surface area contributed by atoms with Crippen molar-refractivity contribution in [2.45, 2.75) is 20.4 Å². The number of benzene rings is 1. The van der Waals surface area contributed by atoms with Gasteiger partial charge in [-0.15, -0.1) is 0 Å². The molecule has 0 aliphatic carbocycles. The second kappa shape index (κ2) is 10.9. The van der Waals surface area contributed by atoms with Crippen LogP contribution in [0.3, 0.4) is 0 Å². The van der Waals surface area contributed by atoms with Gasteiger partial charge < -0.3 is 15.0 Å². The molecular formula is C21H29N3O3S. The van der Waals surface area contributed by atoms with Crippen LogP contribution in [0, 0.1) is 13.8 Å². The second-order valence-corrected chi connectivity index (χ2v) is 7.66. The molecule has 1 aromatic carbocycles. The minimum atomic E-state index is -0.141. The van der Waals surface area contributed by atoms with Gasteiger partial charge in [0.25, 0.3) is 0 Å². The molecule has 0 spiro atoms. The van der Waals surface area contributed by atoms with Crippen molar-refractivity contribution in [3.8, 4) is 0 Å². The Morgan fingerprint density at radius 2 is 1.96 bits per heavy atom. The maximum atomic E-state index is 12.6. The van der Waals surface area contributed by atoms with Crippen molar-refractivity contribution < 1.29 is 14.3 Å². The second-order valence-electron chi connectivity index (χ2n) is 6.88. The lowest BCUT2D eigenvalue weighted by Gasteiger charge is -2.24. The summed E-state index contributed by atoms with van der Waals surface area (Å²) in [6.45, 7) is 5.83. The Bertz CT molecular complexity index is 777. The predicted octanol–water partition coefficient (Wildman–Crippen LogP) is 2.91. The number of aryl methyl sites for hydroxylation is 1. The number of rotatable bonds is 10. The molecule has 0 saturated heterocycles. The van der Waals surface area contributed by atoms with Gasteiger partial charge in [-0.1, -0.05) is 12.1 Å². The fourth-order valence-corrected chi connectivity index (χ4v) is 3.43. The zero-order valence-corrected chi connectivity index (χ0v) is 17.8. The lowest BCUT2D eigenvalue weighted by molar-refractivity contribution is -0.132. The highest BCUT2D eigenvalue weighted by Crippen LogP contribution is 2.17. The molecular weight excluding hydrogens is 374 g/mol. The number of anilines is 1. The van der Waals surface area contributed by atoms with Crippen LogP contribution in [0.2, 0.25) is 0 Å². The van der Waals surface area contributed by atoms with E-state index in [0.29, 0.717) is 19.7 Å². The van der Waals surface area contributed by atoms with Gasteiger partial charge in [0.1, 0.15) is 0 Å². The number of carbonyl (C=O) groups is 2. The standard InChI is InChI=1S/C21H29N3O3S/c1-16-6-5-7-19(17(16)2)22-20(25)13-24(9-10-27-4)14-21(26)23(3)12-18-8-11-28-15-18/h5-8,11,15H,9-10,12-14H2,1-4H3,(H,22,25). The van der Waals surface area contributed by atoms with Gasteiger partial charge in [-0.05, 0) is 53.4 Å². The third kappa shape index (κ3) is 6.74. The van der Waals surface area contributed by atoms with E-state index in [4.69, 9.17) is 4.74 Å². The fourth-order valence-electron chi connectivity index (χ4n) is 2.77. The van der Waals surface area contributed by atoms with Crippen molar-refractivity contribution in [2.75, 3.05) is 45.7 Å². The van der Waals surface area contributed by atoms with Crippen molar-refractivity contribution in [3.63, 3.8) is 0 Å².